The molecule has 2 atom stereocenters. The molecule has 0 bridgehead atoms. The van der Waals surface area contributed by atoms with E-state index in [2.05, 4.69) is 35.5 Å². The monoisotopic (exact) mass is 412 g/mol. The molecule has 0 saturated carbocycles. The Morgan fingerprint density at radius 2 is 1.90 bits per heavy atom. The molecule has 1 N–H and O–H groups in total. The van der Waals surface area contributed by atoms with Crippen LogP contribution in [-0.2, 0) is 11.2 Å². The minimum atomic E-state index is -4.74. The lowest BCUT2D eigenvalue weighted by molar-refractivity contribution is -0.303. The second kappa shape index (κ2) is 9.11. The second-order valence-electron chi connectivity index (χ2n) is 7.52. The van der Waals surface area contributed by atoms with Gasteiger partial charge in [0.05, 0.1) is 6.20 Å². The molecule has 0 radical (unpaired) electrons. The normalized spacial score (nSPS) is 25.1. The zero-order chi connectivity index (χ0) is 21.7. The van der Waals surface area contributed by atoms with Crippen LogP contribution in [0.25, 0.3) is 0 Å². The van der Waals surface area contributed by atoms with E-state index in [1.54, 1.807) is 12.3 Å². The highest BCUT2D eigenvalue weighted by atomic mass is 19.4. The van der Waals surface area contributed by atoms with Crippen molar-refractivity contribution in [2.24, 2.45) is 0 Å². The van der Waals surface area contributed by atoms with Crippen LogP contribution in [0.2, 0.25) is 0 Å². The van der Waals surface area contributed by atoms with Gasteiger partial charge < -0.3 is 10.1 Å². The van der Waals surface area contributed by atoms with E-state index in [1.165, 1.54) is 18.3 Å². The molecule has 160 valence electrons. The molecule has 1 saturated heterocycles. The maximum Gasteiger partial charge on any atom is 0.573 e. The van der Waals surface area contributed by atoms with Gasteiger partial charge in [0.2, 0.25) is 0 Å². The number of hydrogen-bond donors (Lipinski definition) is 1. The molecule has 1 aromatic heterocycles. The Labute approximate surface area is 169 Å². The zero-order valence-corrected chi connectivity index (χ0v) is 17.1. The van der Waals surface area contributed by atoms with Gasteiger partial charge in [0.1, 0.15) is 11.6 Å². The van der Waals surface area contributed by atoms with Gasteiger partial charge in [-0.1, -0.05) is 32.1 Å². The van der Waals surface area contributed by atoms with E-state index in [0.29, 0.717) is 6.42 Å². The number of nitrogens with one attached hydrogen (secondary N) is 1. The third kappa shape index (κ3) is 5.92. The number of aromatic nitrogens is 1. The Bertz CT molecular complexity index is 787. The quantitative estimate of drug-likeness (QED) is 0.222. The summed E-state index contributed by atoms with van der Waals surface area (Å²) < 4.78 is 54.4. The fraction of sp³-hybridized carbons (Fsp3) is 0.500. The van der Waals surface area contributed by atoms with Crippen LogP contribution in [0.5, 0.6) is 0 Å². The van der Waals surface area contributed by atoms with E-state index in [1.807, 2.05) is 6.92 Å². The van der Waals surface area contributed by atoms with Gasteiger partial charge in [-0.25, -0.2) is 4.39 Å². The number of rotatable bonds is 10. The Morgan fingerprint density at radius 1 is 1.21 bits per heavy atom. The van der Waals surface area contributed by atoms with Gasteiger partial charge in [-0.05, 0) is 62.8 Å². The molecular formula is C22H28F4N2O. The summed E-state index contributed by atoms with van der Waals surface area (Å²) >= 11 is 0. The largest absolute Gasteiger partial charge is 0.573 e. The molecule has 1 fully saturated rings. The number of pyridine rings is 1. The van der Waals surface area contributed by atoms with Crippen molar-refractivity contribution in [3.05, 3.63) is 66.0 Å². The molecule has 29 heavy (non-hydrogen) atoms. The highest BCUT2D eigenvalue weighted by molar-refractivity contribution is 5.31. The zero-order valence-electron chi connectivity index (χ0n) is 17.1. The van der Waals surface area contributed by atoms with Crippen LogP contribution in [0.4, 0.5) is 17.6 Å². The van der Waals surface area contributed by atoms with Gasteiger partial charge in [-0.3, -0.25) is 4.98 Å². The second-order valence-corrected chi connectivity index (χ2v) is 7.52. The first-order valence-electron chi connectivity index (χ1n) is 9.73. The molecule has 1 aliphatic rings. The summed E-state index contributed by atoms with van der Waals surface area (Å²) in [5.74, 6) is -0.686. The lowest BCUT2D eigenvalue weighted by atomic mass is 9.80. The lowest BCUT2D eigenvalue weighted by Crippen LogP contribution is -2.27. The molecule has 2 heterocycles. The number of halogens is 4. The average Bonchev–Trinajstić information content (AvgIpc) is 3.30. The number of nitrogens with zero attached hydrogens (tertiary/aromatic N) is 1. The van der Waals surface area contributed by atoms with Gasteiger partial charge in [0.15, 0.2) is 0 Å². The molecular weight excluding hydrogens is 384 g/mol. The SMILES string of the molecule is C=C/C(=C\C=C(/C)CCC1(CC)NC1(CC)Cc1cncc(F)c1)OC(F)(F)F. The lowest BCUT2D eigenvalue weighted by Gasteiger charge is -2.21. The maximum absolute atomic E-state index is 13.5. The molecule has 3 nitrogen and oxygen atoms in total. The van der Waals surface area contributed by atoms with Gasteiger partial charge in [-0.15, -0.1) is 13.2 Å². The van der Waals surface area contributed by atoms with Gasteiger partial charge in [-0.2, -0.15) is 0 Å². The minimum Gasteiger partial charge on any atom is -0.406 e. The highest BCUT2D eigenvalue weighted by Gasteiger charge is 2.63. The summed E-state index contributed by atoms with van der Waals surface area (Å²) in [6, 6.07) is 1.51. The third-order valence-electron chi connectivity index (χ3n) is 5.72. The number of alkyl halides is 3. The maximum atomic E-state index is 13.5. The third-order valence-corrected chi connectivity index (χ3v) is 5.72. The van der Waals surface area contributed by atoms with E-state index >= 15 is 0 Å². The Balaban J connectivity index is 2.04. The van der Waals surface area contributed by atoms with Crippen LogP contribution in [-0.4, -0.2) is 22.4 Å². The van der Waals surface area contributed by atoms with Crippen molar-refractivity contribution in [2.45, 2.75) is 70.3 Å². The standard InChI is InChI=1S/C22H28F4N2O/c1-5-19(29-22(24,25)26)9-8-16(4)10-11-20(6-2)21(7-3,28-20)13-17-12-18(23)15-27-14-17/h5,8-9,12,14-15,28H,1,6-7,10-11,13H2,2-4H3/b16-8+,19-9+. The van der Waals surface area contributed by atoms with E-state index in [4.69, 9.17) is 0 Å². The van der Waals surface area contributed by atoms with Crippen molar-refractivity contribution in [1.29, 1.82) is 0 Å². The minimum absolute atomic E-state index is 0.0867. The van der Waals surface area contributed by atoms with Gasteiger partial charge >= 0.3 is 6.36 Å². The number of allylic oxidation sites excluding steroid dienone is 4. The van der Waals surface area contributed by atoms with Crippen molar-refractivity contribution in [2.75, 3.05) is 0 Å². The summed E-state index contributed by atoms with van der Waals surface area (Å²) in [4.78, 5) is 3.93. The highest BCUT2D eigenvalue weighted by Crippen LogP contribution is 2.49. The van der Waals surface area contributed by atoms with Crippen LogP contribution in [0.1, 0.15) is 52.0 Å². The van der Waals surface area contributed by atoms with Gasteiger partial charge in [0.25, 0.3) is 0 Å². The van der Waals surface area contributed by atoms with Crippen molar-refractivity contribution in [3.63, 3.8) is 0 Å². The molecule has 0 aromatic carbocycles. The molecule has 0 spiro atoms. The van der Waals surface area contributed by atoms with Crippen LogP contribution in [0.15, 0.2) is 54.6 Å². The van der Waals surface area contributed by atoms with Crippen LogP contribution in [0, 0.1) is 5.82 Å². The molecule has 0 aliphatic carbocycles. The smallest absolute Gasteiger partial charge is 0.406 e. The molecule has 7 heteroatoms. The molecule has 2 rings (SSSR count). The number of hydrogen-bond acceptors (Lipinski definition) is 3. The van der Waals surface area contributed by atoms with E-state index in [9.17, 15) is 17.6 Å². The average molecular weight is 412 g/mol. The Morgan fingerprint density at radius 3 is 2.45 bits per heavy atom. The molecule has 2 unspecified atom stereocenters. The first-order chi connectivity index (χ1) is 13.6. The fourth-order valence-corrected chi connectivity index (χ4v) is 3.99. The van der Waals surface area contributed by atoms with E-state index in [0.717, 1.165) is 42.9 Å². The van der Waals surface area contributed by atoms with Crippen molar-refractivity contribution < 1.29 is 22.3 Å². The van der Waals surface area contributed by atoms with Crippen LogP contribution >= 0.6 is 0 Å². The van der Waals surface area contributed by atoms with Crippen LogP contribution < -0.4 is 5.32 Å². The predicted octanol–water partition coefficient (Wildman–Crippen LogP) is 6.00. The van der Waals surface area contributed by atoms with E-state index < -0.39 is 6.36 Å². The van der Waals surface area contributed by atoms with Gasteiger partial charge in [0, 0.05) is 17.3 Å². The molecule has 0 amide bonds. The summed E-state index contributed by atoms with van der Waals surface area (Å²) in [7, 11) is 0. The fourth-order valence-electron chi connectivity index (χ4n) is 3.99. The van der Waals surface area contributed by atoms with Crippen LogP contribution in [0.3, 0.4) is 0 Å². The predicted molar refractivity (Wildman–Crippen MR) is 105 cm³/mol. The van der Waals surface area contributed by atoms with Crippen molar-refractivity contribution in [3.8, 4) is 0 Å². The summed E-state index contributed by atoms with van der Waals surface area (Å²) in [6.07, 6.45) is 6.11. The Kier molecular flexibility index (Phi) is 7.27. The first kappa shape index (κ1) is 23.1. The summed E-state index contributed by atoms with van der Waals surface area (Å²) in [6.45, 7) is 9.43. The molecule has 1 aromatic rings. The summed E-state index contributed by atoms with van der Waals surface area (Å²) in [5, 5.41) is 3.64. The van der Waals surface area contributed by atoms with Crippen molar-refractivity contribution in [1.82, 2.24) is 10.3 Å². The Hall–Kier alpha value is -2.15. The molecule has 1 aliphatic heterocycles. The van der Waals surface area contributed by atoms with Crippen molar-refractivity contribution >= 4 is 0 Å². The first-order valence-corrected chi connectivity index (χ1v) is 9.73. The number of ether oxygens (including phenoxy) is 1. The van der Waals surface area contributed by atoms with E-state index in [-0.39, 0.29) is 22.7 Å². The summed E-state index contributed by atoms with van der Waals surface area (Å²) in [5.41, 5.74) is 1.58. The topological polar surface area (TPSA) is 44.1 Å².